The number of rotatable bonds is 7. The van der Waals surface area contributed by atoms with Crippen LogP contribution < -0.4 is 15.4 Å². The van der Waals surface area contributed by atoms with Crippen molar-refractivity contribution in [3.05, 3.63) is 52.2 Å². The number of hydrogen-bond donors (Lipinski definition) is 2. The van der Waals surface area contributed by atoms with Crippen LogP contribution in [0, 0.1) is 0 Å². The van der Waals surface area contributed by atoms with Crippen molar-refractivity contribution in [1.29, 1.82) is 0 Å². The van der Waals surface area contributed by atoms with Gasteiger partial charge < -0.3 is 15.4 Å². The summed E-state index contributed by atoms with van der Waals surface area (Å²) in [6.45, 7) is 4.17. The van der Waals surface area contributed by atoms with Gasteiger partial charge in [-0.2, -0.15) is 0 Å². The molecule has 0 aliphatic rings. The first-order valence-electron chi connectivity index (χ1n) is 7.44. The predicted octanol–water partition coefficient (Wildman–Crippen LogP) is 2.75. The number of hydrogen-bond acceptors (Lipinski definition) is 4. The molecule has 0 saturated carbocycles. The summed E-state index contributed by atoms with van der Waals surface area (Å²) in [7, 11) is 0. The molecule has 1 aromatic heterocycles. The van der Waals surface area contributed by atoms with Crippen molar-refractivity contribution >= 4 is 23.2 Å². The van der Waals surface area contributed by atoms with Gasteiger partial charge in [-0.15, -0.1) is 11.3 Å². The molecule has 6 heteroatoms. The Labute approximate surface area is 139 Å². The molecule has 1 unspecified atom stereocenters. The van der Waals surface area contributed by atoms with Crippen LogP contribution in [0.25, 0.3) is 0 Å². The minimum absolute atomic E-state index is 0.0740. The molecule has 0 radical (unpaired) electrons. The molecule has 0 aliphatic heterocycles. The summed E-state index contributed by atoms with van der Waals surface area (Å²) in [6.07, 6.45) is 0. The van der Waals surface area contributed by atoms with E-state index >= 15 is 0 Å². The molecule has 23 heavy (non-hydrogen) atoms. The lowest BCUT2D eigenvalue weighted by Gasteiger charge is -2.13. The second-order valence-electron chi connectivity index (χ2n) is 4.92. The third-order valence-electron chi connectivity index (χ3n) is 3.19. The highest BCUT2D eigenvalue weighted by atomic mass is 32.1. The lowest BCUT2D eigenvalue weighted by atomic mass is 10.2. The highest BCUT2D eigenvalue weighted by molar-refractivity contribution is 7.10. The summed E-state index contributed by atoms with van der Waals surface area (Å²) >= 11 is 1.58. The van der Waals surface area contributed by atoms with Gasteiger partial charge in [0.1, 0.15) is 5.75 Å². The van der Waals surface area contributed by atoms with Crippen molar-refractivity contribution in [3.63, 3.8) is 0 Å². The third-order valence-corrected chi connectivity index (χ3v) is 4.24. The monoisotopic (exact) mass is 332 g/mol. The van der Waals surface area contributed by atoms with Crippen molar-refractivity contribution in [2.45, 2.75) is 19.9 Å². The molecule has 0 fully saturated rings. The van der Waals surface area contributed by atoms with Gasteiger partial charge in [0, 0.05) is 4.88 Å². The second kappa shape index (κ2) is 8.33. The van der Waals surface area contributed by atoms with E-state index in [0.29, 0.717) is 17.9 Å². The van der Waals surface area contributed by atoms with Crippen LogP contribution in [0.2, 0.25) is 0 Å². The van der Waals surface area contributed by atoms with E-state index in [1.807, 2.05) is 31.4 Å². The molecule has 2 N–H and O–H groups in total. The maximum absolute atomic E-state index is 12.2. The van der Waals surface area contributed by atoms with Crippen LogP contribution in [-0.2, 0) is 4.79 Å². The molecule has 2 rings (SSSR count). The average molecular weight is 332 g/mol. The number of nitrogens with one attached hydrogen (secondary N) is 2. The Morgan fingerprint density at radius 2 is 2.00 bits per heavy atom. The van der Waals surface area contributed by atoms with Crippen molar-refractivity contribution in [3.8, 4) is 5.75 Å². The van der Waals surface area contributed by atoms with Crippen molar-refractivity contribution in [2.75, 3.05) is 13.2 Å². The summed E-state index contributed by atoms with van der Waals surface area (Å²) in [4.78, 5) is 25.2. The molecule has 0 bridgehead atoms. The first-order chi connectivity index (χ1) is 11.1. The Hall–Kier alpha value is -2.34. The molecular formula is C17H20N2O3S. The van der Waals surface area contributed by atoms with Crippen LogP contribution in [-0.4, -0.2) is 25.0 Å². The molecule has 0 spiro atoms. The molecule has 1 aromatic carbocycles. The molecule has 1 heterocycles. The fourth-order valence-corrected chi connectivity index (χ4v) is 2.83. The molecule has 122 valence electrons. The summed E-state index contributed by atoms with van der Waals surface area (Å²) in [5.41, 5.74) is 0.424. The van der Waals surface area contributed by atoms with Crippen LogP contribution in [0.5, 0.6) is 5.75 Å². The number of para-hydroxylation sites is 1. The fourth-order valence-electron chi connectivity index (χ4n) is 2.09. The van der Waals surface area contributed by atoms with Gasteiger partial charge in [0.25, 0.3) is 5.91 Å². The van der Waals surface area contributed by atoms with E-state index in [-0.39, 0.29) is 24.4 Å². The smallest absolute Gasteiger partial charge is 0.255 e. The topological polar surface area (TPSA) is 67.4 Å². The Morgan fingerprint density at radius 1 is 1.22 bits per heavy atom. The first-order valence-corrected chi connectivity index (χ1v) is 8.32. The zero-order chi connectivity index (χ0) is 16.7. The maximum Gasteiger partial charge on any atom is 0.255 e. The van der Waals surface area contributed by atoms with E-state index < -0.39 is 0 Å². The van der Waals surface area contributed by atoms with E-state index in [9.17, 15) is 9.59 Å². The normalized spacial score (nSPS) is 11.6. The Kier molecular flexibility index (Phi) is 6.17. The van der Waals surface area contributed by atoms with Crippen LogP contribution in [0.15, 0.2) is 41.8 Å². The molecule has 2 aromatic rings. The van der Waals surface area contributed by atoms with E-state index in [0.717, 1.165) is 4.88 Å². The third kappa shape index (κ3) is 4.82. The molecule has 1 atom stereocenters. The molecule has 2 amide bonds. The van der Waals surface area contributed by atoms with Gasteiger partial charge in [0.05, 0.1) is 24.8 Å². The number of ether oxygens (including phenoxy) is 1. The largest absolute Gasteiger partial charge is 0.493 e. The van der Waals surface area contributed by atoms with Gasteiger partial charge in [-0.1, -0.05) is 18.2 Å². The molecule has 0 aliphatic carbocycles. The molecular weight excluding hydrogens is 312 g/mol. The van der Waals surface area contributed by atoms with E-state index in [1.165, 1.54) is 0 Å². The number of carbonyl (C=O) groups is 2. The van der Waals surface area contributed by atoms with Crippen LogP contribution in [0.4, 0.5) is 0 Å². The van der Waals surface area contributed by atoms with E-state index in [1.54, 1.807) is 35.6 Å². The van der Waals surface area contributed by atoms with Crippen molar-refractivity contribution < 1.29 is 14.3 Å². The summed E-state index contributed by atoms with van der Waals surface area (Å²) < 4.78 is 5.42. The zero-order valence-electron chi connectivity index (χ0n) is 13.2. The number of benzene rings is 1. The zero-order valence-corrected chi connectivity index (χ0v) is 14.0. The van der Waals surface area contributed by atoms with Crippen LogP contribution >= 0.6 is 11.3 Å². The van der Waals surface area contributed by atoms with Crippen molar-refractivity contribution in [2.24, 2.45) is 0 Å². The highest BCUT2D eigenvalue weighted by Gasteiger charge is 2.14. The summed E-state index contributed by atoms with van der Waals surface area (Å²) in [5.74, 6) is -0.0408. The SMILES string of the molecule is CCOc1ccccc1C(=O)NCC(=O)NC(C)c1cccs1. The molecule has 5 nitrogen and oxygen atoms in total. The number of carbonyl (C=O) groups excluding carboxylic acids is 2. The summed E-state index contributed by atoms with van der Waals surface area (Å²) in [6, 6.07) is 10.8. The standard InChI is InChI=1S/C17H20N2O3S/c1-3-22-14-8-5-4-7-13(14)17(21)18-11-16(20)19-12(2)15-9-6-10-23-15/h4-10,12H,3,11H2,1-2H3,(H,18,21)(H,19,20). The Morgan fingerprint density at radius 3 is 2.70 bits per heavy atom. The Bertz CT molecular complexity index is 656. The van der Waals surface area contributed by atoms with Gasteiger partial charge in [-0.05, 0) is 37.4 Å². The predicted molar refractivity (Wildman–Crippen MR) is 90.8 cm³/mol. The Balaban J connectivity index is 1.88. The fraction of sp³-hybridized carbons (Fsp3) is 0.294. The molecule has 0 saturated heterocycles. The van der Waals surface area contributed by atoms with Gasteiger partial charge in [-0.25, -0.2) is 0 Å². The minimum Gasteiger partial charge on any atom is -0.493 e. The number of amides is 2. The lowest BCUT2D eigenvalue weighted by molar-refractivity contribution is -0.120. The first kappa shape index (κ1) is 17.0. The average Bonchev–Trinajstić information content (AvgIpc) is 3.08. The lowest BCUT2D eigenvalue weighted by Crippen LogP contribution is -2.38. The second-order valence-corrected chi connectivity index (χ2v) is 5.90. The van der Waals surface area contributed by atoms with Crippen LogP contribution in [0.3, 0.4) is 0 Å². The van der Waals surface area contributed by atoms with Gasteiger partial charge in [-0.3, -0.25) is 9.59 Å². The van der Waals surface area contributed by atoms with Gasteiger partial charge >= 0.3 is 0 Å². The summed E-state index contributed by atoms with van der Waals surface area (Å²) in [5, 5.41) is 7.44. The van der Waals surface area contributed by atoms with E-state index in [2.05, 4.69) is 10.6 Å². The maximum atomic E-state index is 12.2. The highest BCUT2D eigenvalue weighted by Crippen LogP contribution is 2.18. The quantitative estimate of drug-likeness (QED) is 0.819. The van der Waals surface area contributed by atoms with Gasteiger partial charge in [0.2, 0.25) is 5.91 Å². The number of thiophene rings is 1. The minimum atomic E-state index is -0.326. The van der Waals surface area contributed by atoms with Gasteiger partial charge in [0.15, 0.2) is 0 Å². The van der Waals surface area contributed by atoms with Crippen LogP contribution in [0.1, 0.15) is 35.1 Å². The van der Waals surface area contributed by atoms with Crippen molar-refractivity contribution in [1.82, 2.24) is 10.6 Å². The van der Waals surface area contributed by atoms with E-state index in [4.69, 9.17) is 4.74 Å².